The van der Waals surface area contributed by atoms with Crippen LogP contribution in [-0.4, -0.2) is 30.9 Å². The molecule has 0 spiro atoms. The normalized spacial score (nSPS) is 17.4. The molecule has 19 heavy (non-hydrogen) atoms. The first-order valence-corrected chi connectivity index (χ1v) is 7.25. The molecule has 0 aliphatic carbocycles. The number of benzene rings is 1. The molecule has 1 aliphatic rings. The molecule has 0 saturated carbocycles. The number of carbonyl (C=O) groups excluding carboxylic acids is 1. The first-order valence-electron chi connectivity index (χ1n) is 7.25. The maximum absolute atomic E-state index is 12.1. The molecule has 0 bridgehead atoms. The second kappa shape index (κ2) is 6.71. The minimum absolute atomic E-state index is 0.162. The molecular weight excluding hydrogens is 236 g/mol. The van der Waals surface area contributed by atoms with Gasteiger partial charge in [0, 0.05) is 12.1 Å². The van der Waals surface area contributed by atoms with E-state index in [0.717, 1.165) is 38.0 Å². The van der Waals surface area contributed by atoms with Crippen LogP contribution in [0.15, 0.2) is 24.3 Å². The number of piperidine rings is 1. The topological polar surface area (TPSA) is 32.3 Å². The van der Waals surface area contributed by atoms with Crippen LogP contribution in [-0.2, 0) is 11.2 Å². The smallest absolute Gasteiger partial charge is 0.224 e. The summed E-state index contributed by atoms with van der Waals surface area (Å²) >= 11 is 0. The van der Waals surface area contributed by atoms with Crippen LogP contribution in [0.25, 0.3) is 0 Å². The van der Waals surface area contributed by atoms with Gasteiger partial charge in [-0.2, -0.15) is 0 Å². The predicted molar refractivity (Wildman–Crippen MR) is 79.3 cm³/mol. The first-order chi connectivity index (χ1) is 9.19. The van der Waals surface area contributed by atoms with Crippen LogP contribution in [0.1, 0.15) is 31.7 Å². The van der Waals surface area contributed by atoms with Crippen molar-refractivity contribution in [3.63, 3.8) is 0 Å². The number of hydrogen-bond donors (Lipinski definition) is 1. The first kappa shape index (κ1) is 14.1. The van der Waals surface area contributed by atoms with Gasteiger partial charge in [-0.05, 0) is 56.9 Å². The lowest BCUT2D eigenvalue weighted by atomic mass is 9.93. The van der Waals surface area contributed by atoms with E-state index in [-0.39, 0.29) is 5.91 Å². The molecular formula is C16H24N2O. The zero-order valence-corrected chi connectivity index (χ0v) is 12.0. The van der Waals surface area contributed by atoms with Crippen molar-refractivity contribution in [2.75, 3.05) is 25.5 Å². The molecule has 1 amide bonds. The molecule has 0 radical (unpaired) electrons. The van der Waals surface area contributed by atoms with Gasteiger partial charge in [0.15, 0.2) is 0 Å². The number of hydrogen-bond acceptors (Lipinski definition) is 2. The maximum Gasteiger partial charge on any atom is 0.224 e. The summed E-state index contributed by atoms with van der Waals surface area (Å²) in [5.74, 6) is 0.709. The third-order valence-corrected chi connectivity index (χ3v) is 3.98. The SMILES string of the molecule is CCc1ccccc1NC(=O)CC1CCN(C)CC1. The van der Waals surface area contributed by atoms with Crippen LogP contribution in [0.5, 0.6) is 0 Å². The van der Waals surface area contributed by atoms with E-state index in [4.69, 9.17) is 0 Å². The summed E-state index contributed by atoms with van der Waals surface area (Å²) in [6, 6.07) is 8.06. The number of para-hydroxylation sites is 1. The van der Waals surface area contributed by atoms with Gasteiger partial charge in [0.1, 0.15) is 0 Å². The van der Waals surface area contributed by atoms with Crippen LogP contribution in [0.3, 0.4) is 0 Å². The lowest BCUT2D eigenvalue weighted by Gasteiger charge is -2.28. The van der Waals surface area contributed by atoms with Crippen LogP contribution < -0.4 is 5.32 Å². The Balaban J connectivity index is 1.87. The van der Waals surface area contributed by atoms with Gasteiger partial charge in [-0.3, -0.25) is 4.79 Å². The van der Waals surface area contributed by atoms with E-state index in [1.165, 1.54) is 5.56 Å². The van der Waals surface area contributed by atoms with Gasteiger partial charge in [0.05, 0.1) is 0 Å². The van der Waals surface area contributed by atoms with E-state index in [9.17, 15) is 4.79 Å². The number of nitrogens with zero attached hydrogens (tertiary/aromatic N) is 1. The van der Waals surface area contributed by atoms with Gasteiger partial charge in [0.25, 0.3) is 0 Å². The van der Waals surface area contributed by atoms with Crippen LogP contribution in [0.2, 0.25) is 0 Å². The van der Waals surface area contributed by atoms with Crippen molar-refractivity contribution >= 4 is 11.6 Å². The summed E-state index contributed by atoms with van der Waals surface area (Å²) in [4.78, 5) is 14.4. The molecule has 0 aromatic heterocycles. The average molecular weight is 260 g/mol. The lowest BCUT2D eigenvalue weighted by molar-refractivity contribution is -0.117. The van der Waals surface area contributed by atoms with Gasteiger partial charge in [-0.1, -0.05) is 25.1 Å². The predicted octanol–water partition coefficient (Wildman–Crippen LogP) is 2.92. The molecule has 1 N–H and O–H groups in total. The number of anilines is 1. The fourth-order valence-electron chi connectivity index (χ4n) is 2.68. The van der Waals surface area contributed by atoms with Gasteiger partial charge < -0.3 is 10.2 Å². The molecule has 0 atom stereocenters. The van der Waals surface area contributed by atoms with E-state index < -0.39 is 0 Å². The number of aryl methyl sites for hydroxylation is 1. The molecule has 3 nitrogen and oxygen atoms in total. The molecule has 1 heterocycles. The third kappa shape index (κ3) is 4.06. The minimum Gasteiger partial charge on any atom is -0.326 e. The summed E-state index contributed by atoms with van der Waals surface area (Å²) < 4.78 is 0. The van der Waals surface area contributed by atoms with Crippen LogP contribution in [0.4, 0.5) is 5.69 Å². The summed E-state index contributed by atoms with van der Waals surface area (Å²) in [5.41, 5.74) is 2.18. The number of rotatable bonds is 4. The highest BCUT2D eigenvalue weighted by Gasteiger charge is 2.19. The summed E-state index contributed by atoms with van der Waals surface area (Å²) in [7, 11) is 2.15. The van der Waals surface area contributed by atoms with E-state index in [2.05, 4.69) is 30.3 Å². The van der Waals surface area contributed by atoms with Crippen molar-refractivity contribution in [1.29, 1.82) is 0 Å². The minimum atomic E-state index is 0.162. The number of amides is 1. The second-order valence-electron chi connectivity index (χ2n) is 5.51. The molecule has 104 valence electrons. The summed E-state index contributed by atoms with van der Waals surface area (Å²) in [5, 5.41) is 3.07. The molecule has 1 aliphatic heterocycles. The van der Waals surface area contributed by atoms with Crippen LogP contribution in [0, 0.1) is 5.92 Å². The number of likely N-dealkylation sites (tertiary alicyclic amines) is 1. The molecule has 1 saturated heterocycles. The molecule has 2 rings (SSSR count). The van der Waals surface area contributed by atoms with Crippen LogP contribution >= 0.6 is 0 Å². The third-order valence-electron chi connectivity index (χ3n) is 3.98. The van der Waals surface area contributed by atoms with Gasteiger partial charge >= 0.3 is 0 Å². The lowest BCUT2D eigenvalue weighted by Crippen LogP contribution is -2.32. The molecule has 1 aromatic carbocycles. The zero-order valence-electron chi connectivity index (χ0n) is 12.0. The van der Waals surface area contributed by atoms with E-state index in [1.807, 2.05) is 18.2 Å². The van der Waals surface area contributed by atoms with Gasteiger partial charge in [-0.25, -0.2) is 0 Å². The Morgan fingerprint density at radius 2 is 2.00 bits per heavy atom. The molecule has 1 fully saturated rings. The zero-order chi connectivity index (χ0) is 13.7. The largest absolute Gasteiger partial charge is 0.326 e. The van der Waals surface area contributed by atoms with E-state index >= 15 is 0 Å². The van der Waals surface area contributed by atoms with Crippen molar-refractivity contribution < 1.29 is 4.79 Å². The Bertz CT molecular complexity index is 423. The fraction of sp³-hybridized carbons (Fsp3) is 0.562. The Morgan fingerprint density at radius 1 is 1.32 bits per heavy atom. The average Bonchev–Trinajstić information content (AvgIpc) is 2.42. The Kier molecular flexibility index (Phi) is 4.97. The Labute approximate surface area is 116 Å². The fourth-order valence-corrected chi connectivity index (χ4v) is 2.68. The highest BCUT2D eigenvalue weighted by atomic mass is 16.1. The number of carbonyl (C=O) groups is 1. The van der Waals surface area contributed by atoms with E-state index in [1.54, 1.807) is 0 Å². The quantitative estimate of drug-likeness (QED) is 0.902. The Hall–Kier alpha value is -1.35. The highest BCUT2D eigenvalue weighted by Crippen LogP contribution is 2.21. The Morgan fingerprint density at radius 3 is 2.68 bits per heavy atom. The van der Waals surface area contributed by atoms with Crippen molar-refractivity contribution in [3.05, 3.63) is 29.8 Å². The highest BCUT2D eigenvalue weighted by molar-refractivity contribution is 5.91. The van der Waals surface area contributed by atoms with E-state index in [0.29, 0.717) is 12.3 Å². The number of nitrogens with one attached hydrogen (secondary N) is 1. The van der Waals surface area contributed by atoms with Crippen molar-refractivity contribution in [1.82, 2.24) is 4.90 Å². The standard InChI is InChI=1S/C16H24N2O/c1-3-14-6-4-5-7-15(14)17-16(19)12-13-8-10-18(2)11-9-13/h4-7,13H,3,8-12H2,1-2H3,(H,17,19). The monoisotopic (exact) mass is 260 g/mol. The second-order valence-corrected chi connectivity index (χ2v) is 5.51. The van der Waals surface area contributed by atoms with Crippen molar-refractivity contribution in [3.8, 4) is 0 Å². The van der Waals surface area contributed by atoms with Gasteiger partial charge in [0.2, 0.25) is 5.91 Å². The maximum atomic E-state index is 12.1. The molecule has 1 aromatic rings. The summed E-state index contributed by atoms with van der Waals surface area (Å²) in [6.45, 7) is 4.34. The van der Waals surface area contributed by atoms with Crippen molar-refractivity contribution in [2.45, 2.75) is 32.6 Å². The van der Waals surface area contributed by atoms with Gasteiger partial charge in [-0.15, -0.1) is 0 Å². The molecule has 3 heteroatoms. The summed E-state index contributed by atoms with van der Waals surface area (Å²) in [6.07, 6.45) is 3.88. The van der Waals surface area contributed by atoms with Crippen molar-refractivity contribution in [2.24, 2.45) is 5.92 Å². The molecule has 0 unspecified atom stereocenters.